The summed E-state index contributed by atoms with van der Waals surface area (Å²) in [6.07, 6.45) is 3.05. The molecule has 16 heavy (non-hydrogen) atoms. The number of rotatable bonds is 9. The van der Waals surface area contributed by atoms with Gasteiger partial charge in [-0.3, -0.25) is 9.59 Å². The molecule has 0 saturated carbocycles. The highest BCUT2D eigenvalue weighted by Gasteiger charge is 2.10. The lowest BCUT2D eigenvalue weighted by Gasteiger charge is -2.04. The minimum Gasteiger partial charge on any atom is -0.466 e. The number of esters is 2. The summed E-state index contributed by atoms with van der Waals surface area (Å²) in [6, 6.07) is 0. The number of carbonyl (C=O) groups is 2. The first-order chi connectivity index (χ1) is 7.70. The quantitative estimate of drug-likeness (QED) is 0.365. The van der Waals surface area contributed by atoms with Crippen molar-refractivity contribution in [3.05, 3.63) is 0 Å². The van der Waals surface area contributed by atoms with Crippen LogP contribution in [0.1, 0.15) is 39.0 Å². The predicted molar refractivity (Wildman–Crippen MR) is 57.8 cm³/mol. The number of hydrogen-bond donors (Lipinski definition) is 1. The van der Waals surface area contributed by atoms with Gasteiger partial charge in [0.25, 0.3) is 0 Å². The van der Waals surface area contributed by atoms with Gasteiger partial charge in [0, 0.05) is 6.61 Å². The fraction of sp³-hybridized carbons (Fsp3) is 0.818. The fourth-order valence-electron chi connectivity index (χ4n) is 1.13. The minimum atomic E-state index is -0.548. The van der Waals surface area contributed by atoms with Crippen LogP contribution in [0.15, 0.2) is 0 Å². The first-order valence-corrected chi connectivity index (χ1v) is 5.62. The average Bonchev–Trinajstić information content (AvgIpc) is 2.23. The summed E-state index contributed by atoms with van der Waals surface area (Å²) in [6.45, 7) is 2.48. The third-order valence-electron chi connectivity index (χ3n) is 1.91. The summed E-state index contributed by atoms with van der Waals surface area (Å²) in [4.78, 5) is 21.9. The highest BCUT2D eigenvalue weighted by Crippen LogP contribution is 2.00. The Labute approximate surface area is 95.7 Å². The smallest absolute Gasteiger partial charge is 0.317 e. The van der Waals surface area contributed by atoms with Gasteiger partial charge >= 0.3 is 11.9 Å². The SMILES string of the molecule is CCOC(=O)CC(=O)OCCCCCCO. The van der Waals surface area contributed by atoms with E-state index in [-0.39, 0.29) is 19.6 Å². The molecule has 0 heterocycles. The van der Waals surface area contributed by atoms with Crippen LogP contribution >= 0.6 is 0 Å². The molecule has 94 valence electrons. The Hall–Kier alpha value is -1.10. The summed E-state index contributed by atoms with van der Waals surface area (Å²) in [7, 11) is 0. The molecule has 0 aliphatic heterocycles. The largest absolute Gasteiger partial charge is 0.466 e. The molecule has 0 aliphatic carbocycles. The van der Waals surface area contributed by atoms with Crippen LogP contribution in [-0.4, -0.2) is 36.9 Å². The van der Waals surface area contributed by atoms with E-state index >= 15 is 0 Å². The molecule has 0 rings (SSSR count). The van der Waals surface area contributed by atoms with Crippen LogP contribution in [0, 0.1) is 0 Å². The maximum Gasteiger partial charge on any atom is 0.317 e. The Morgan fingerprint density at radius 3 is 2.25 bits per heavy atom. The van der Waals surface area contributed by atoms with Crippen molar-refractivity contribution in [3.63, 3.8) is 0 Å². The average molecular weight is 232 g/mol. The van der Waals surface area contributed by atoms with E-state index in [0.717, 1.165) is 25.7 Å². The molecule has 0 aliphatic rings. The topological polar surface area (TPSA) is 72.8 Å². The van der Waals surface area contributed by atoms with E-state index in [1.54, 1.807) is 6.92 Å². The number of hydrogen-bond acceptors (Lipinski definition) is 5. The second-order valence-corrected chi connectivity index (χ2v) is 3.34. The molecule has 5 heteroatoms. The van der Waals surface area contributed by atoms with Gasteiger partial charge in [-0.1, -0.05) is 6.42 Å². The molecule has 0 aromatic rings. The second-order valence-electron chi connectivity index (χ2n) is 3.34. The molecule has 0 amide bonds. The summed E-state index contributed by atoms with van der Waals surface area (Å²) in [5, 5.41) is 8.52. The Morgan fingerprint density at radius 2 is 1.62 bits per heavy atom. The fourth-order valence-corrected chi connectivity index (χ4v) is 1.13. The van der Waals surface area contributed by atoms with Gasteiger partial charge in [0.2, 0.25) is 0 Å². The monoisotopic (exact) mass is 232 g/mol. The van der Waals surface area contributed by atoms with E-state index in [1.807, 2.05) is 0 Å². The van der Waals surface area contributed by atoms with Gasteiger partial charge in [0.05, 0.1) is 13.2 Å². The third kappa shape index (κ3) is 9.45. The van der Waals surface area contributed by atoms with Crippen LogP contribution in [0.3, 0.4) is 0 Å². The Kier molecular flexibility index (Phi) is 9.70. The van der Waals surface area contributed by atoms with Gasteiger partial charge in [0.1, 0.15) is 6.42 Å². The molecule has 0 fully saturated rings. The Morgan fingerprint density at radius 1 is 1.00 bits per heavy atom. The minimum absolute atomic E-state index is 0.197. The van der Waals surface area contributed by atoms with Crippen molar-refractivity contribution >= 4 is 11.9 Å². The third-order valence-corrected chi connectivity index (χ3v) is 1.91. The van der Waals surface area contributed by atoms with Gasteiger partial charge in [-0.25, -0.2) is 0 Å². The van der Waals surface area contributed by atoms with E-state index < -0.39 is 11.9 Å². The van der Waals surface area contributed by atoms with Crippen LogP contribution in [0.5, 0.6) is 0 Å². The lowest BCUT2D eigenvalue weighted by atomic mass is 10.2. The molecule has 0 bridgehead atoms. The number of ether oxygens (including phenoxy) is 2. The standard InChI is InChI=1S/C11H20O5/c1-2-15-10(13)9-11(14)16-8-6-4-3-5-7-12/h12H,2-9H2,1H3. The first-order valence-electron chi connectivity index (χ1n) is 5.62. The van der Waals surface area contributed by atoms with E-state index in [2.05, 4.69) is 4.74 Å². The van der Waals surface area contributed by atoms with E-state index in [9.17, 15) is 9.59 Å². The number of aliphatic hydroxyl groups excluding tert-OH is 1. The molecule has 0 radical (unpaired) electrons. The van der Waals surface area contributed by atoms with E-state index in [1.165, 1.54) is 0 Å². The molecule has 0 spiro atoms. The summed E-state index contributed by atoms with van der Waals surface area (Å²) in [5.74, 6) is -1.09. The predicted octanol–water partition coefficient (Wildman–Crippen LogP) is 1.04. The second kappa shape index (κ2) is 10.4. The maximum absolute atomic E-state index is 11.1. The summed E-state index contributed by atoms with van der Waals surface area (Å²) >= 11 is 0. The summed E-state index contributed by atoms with van der Waals surface area (Å²) in [5.41, 5.74) is 0. The lowest BCUT2D eigenvalue weighted by molar-refractivity contribution is -0.154. The van der Waals surface area contributed by atoms with E-state index in [4.69, 9.17) is 9.84 Å². The highest BCUT2D eigenvalue weighted by atomic mass is 16.6. The lowest BCUT2D eigenvalue weighted by Crippen LogP contribution is -2.14. The molecule has 1 N–H and O–H groups in total. The zero-order valence-corrected chi connectivity index (χ0v) is 9.74. The first kappa shape index (κ1) is 14.9. The molecule has 5 nitrogen and oxygen atoms in total. The zero-order valence-electron chi connectivity index (χ0n) is 9.74. The van der Waals surface area contributed by atoms with Crippen molar-refractivity contribution < 1.29 is 24.2 Å². The number of aliphatic hydroxyl groups is 1. The van der Waals surface area contributed by atoms with Gasteiger partial charge in [-0.15, -0.1) is 0 Å². The number of carbonyl (C=O) groups excluding carboxylic acids is 2. The van der Waals surface area contributed by atoms with Gasteiger partial charge in [-0.05, 0) is 26.2 Å². The van der Waals surface area contributed by atoms with Gasteiger partial charge in [0.15, 0.2) is 0 Å². The Bertz CT molecular complexity index is 203. The van der Waals surface area contributed by atoms with Gasteiger partial charge < -0.3 is 14.6 Å². The zero-order chi connectivity index (χ0) is 12.2. The van der Waals surface area contributed by atoms with Crippen LogP contribution < -0.4 is 0 Å². The van der Waals surface area contributed by atoms with Crippen molar-refractivity contribution in [1.82, 2.24) is 0 Å². The molecule has 0 aromatic carbocycles. The van der Waals surface area contributed by atoms with Crippen LogP contribution in [-0.2, 0) is 19.1 Å². The van der Waals surface area contributed by atoms with Crippen molar-refractivity contribution in [2.75, 3.05) is 19.8 Å². The van der Waals surface area contributed by atoms with Crippen molar-refractivity contribution in [2.45, 2.75) is 39.0 Å². The Balaban J connectivity index is 3.33. The molecule has 0 atom stereocenters. The highest BCUT2D eigenvalue weighted by molar-refractivity contribution is 5.91. The van der Waals surface area contributed by atoms with Crippen LogP contribution in [0.25, 0.3) is 0 Å². The van der Waals surface area contributed by atoms with Crippen molar-refractivity contribution in [2.24, 2.45) is 0 Å². The molecule has 0 saturated heterocycles. The maximum atomic E-state index is 11.1. The molecule has 0 aromatic heterocycles. The van der Waals surface area contributed by atoms with Crippen molar-refractivity contribution in [3.8, 4) is 0 Å². The van der Waals surface area contributed by atoms with Crippen molar-refractivity contribution in [1.29, 1.82) is 0 Å². The molecule has 0 unspecified atom stereocenters. The van der Waals surface area contributed by atoms with E-state index in [0.29, 0.717) is 6.61 Å². The summed E-state index contributed by atoms with van der Waals surface area (Å²) < 4.78 is 9.44. The molecular weight excluding hydrogens is 212 g/mol. The normalized spacial score (nSPS) is 9.88. The van der Waals surface area contributed by atoms with Crippen LogP contribution in [0.4, 0.5) is 0 Å². The van der Waals surface area contributed by atoms with Gasteiger partial charge in [-0.2, -0.15) is 0 Å². The number of unbranched alkanes of at least 4 members (excludes halogenated alkanes) is 3. The molecular formula is C11H20O5. The van der Waals surface area contributed by atoms with Crippen LogP contribution in [0.2, 0.25) is 0 Å².